The van der Waals surface area contributed by atoms with E-state index < -0.39 is 31.4 Å². The van der Waals surface area contributed by atoms with E-state index in [4.69, 9.17) is 5.73 Å². The maximum Gasteiger partial charge on any atom is 0.212 e. The zero-order chi connectivity index (χ0) is 13.8. The van der Waals surface area contributed by atoms with E-state index in [2.05, 4.69) is 4.72 Å². The van der Waals surface area contributed by atoms with E-state index >= 15 is 0 Å². The molecule has 0 radical (unpaired) electrons. The first-order valence-electron chi connectivity index (χ1n) is 5.18. The number of sulfone groups is 1. The van der Waals surface area contributed by atoms with Gasteiger partial charge in [0.25, 0.3) is 0 Å². The molecule has 0 amide bonds. The molecule has 18 heavy (non-hydrogen) atoms. The molecule has 0 heterocycles. The topological polar surface area (TPSA) is 106 Å². The van der Waals surface area contributed by atoms with Gasteiger partial charge in [-0.15, -0.1) is 0 Å². The van der Waals surface area contributed by atoms with Crippen molar-refractivity contribution in [2.75, 3.05) is 23.5 Å². The molecule has 1 aromatic carbocycles. The molecule has 0 saturated heterocycles. The van der Waals surface area contributed by atoms with E-state index in [1.165, 1.54) is 0 Å². The lowest BCUT2D eigenvalue weighted by Gasteiger charge is -2.08. The summed E-state index contributed by atoms with van der Waals surface area (Å²) < 4.78 is 47.2. The van der Waals surface area contributed by atoms with E-state index in [0.717, 1.165) is 6.26 Å². The van der Waals surface area contributed by atoms with Crippen molar-refractivity contribution in [2.45, 2.75) is 6.54 Å². The van der Waals surface area contributed by atoms with Crippen molar-refractivity contribution in [1.82, 2.24) is 4.72 Å². The molecule has 0 saturated carbocycles. The average Bonchev–Trinajstić information content (AvgIpc) is 2.25. The third kappa shape index (κ3) is 5.48. The monoisotopic (exact) mass is 292 g/mol. The molecule has 102 valence electrons. The van der Waals surface area contributed by atoms with Gasteiger partial charge in [0.15, 0.2) is 0 Å². The lowest BCUT2D eigenvalue weighted by atomic mass is 10.2. The molecule has 0 aliphatic rings. The summed E-state index contributed by atoms with van der Waals surface area (Å²) in [4.78, 5) is 0. The van der Waals surface area contributed by atoms with E-state index in [0.29, 0.717) is 11.3 Å². The minimum Gasteiger partial charge on any atom is -0.398 e. The van der Waals surface area contributed by atoms with Crippen LogP contribution in [0.4, 0.5) is 5.69 Å². The fraction of sp³-hybridized carbons (Fsp3) is 0.400. The van der Waals surface area contributed by atoms with Crippen LogP contribution in [0.25, 0.3) is 0 Å². The van der Waals surface area contributed by atoms with E-state index in [1.54, 1.807) is 24.3 Å². The second-order valence-corrected chi connectivity index (χ2v) is 8.15. The molecule has 0 atom stereocenters. The van der Waals surface area contributed by atoms with E-state index in [1.807, 2.05) is 0 Å². The standard InChI is InChI=1S/C10H16N2O4S2/c1-17(13,14)6-7-18(15,16)12-8-9-4-2-3-5-10(9)11/h2-5,12H,6-8,11H2,1H3. The minimum absolute atomic E-state index is 0.0543. The fourth-order valence-electron chi connectivity index (χ4n) is 1.22. The Hall–Kier alpha value is -1.12. The molecule has 0 aliphatic carbocycles. The van der Waals surface area contributed by atoms with Gasteiger partial charge in [0.1, 0.15) is 9.84 Å². The van der Waals surface area contributed by atoms with Crippen LogP contribution in [0.3, 0.4) is 0 Å². The molecule has 0 spiro atoms. The predicted molar refractivity (Wildman–Crippen MR) is 71.2 cm³/mol. The van der Waals surface area contributed by atoms with Crippen LogP contribution >= 0.6 is 0 Å². The second-order valence-electron chi connectivity index (χ2n) is 3.97. The number of nitrogens with two attached hydrogens (primary N) is 1. The highest BCUT2D eigenvalue weighted by atomic mass is 32.2. The Kier molecular flexibility index (Phi) is 4.71. The number of hydrogen-bond donors (Lipinski definition) is 2. The molecule has 0 aliphatic heterocycles. The minimum atomic E-state index is -3.61. The Bertz CT molecular complexity index is 609. The van der Waals surface area contributed by atoms with E-state index in [9.17, 15) is 16.8 Å². The lowest BCUT2D eigenvalue weighted by Crippen LogP contribution is -2.29. The van der Waals surface area contributed by atoms with Crippen LogP contribution in [0.15, 0.2) is 24.3 Å². The highest BCUT2D eigenvalue weighted by Gasteiger charge is 2.14. The van der Waals surface area contributed by atoms with Crippen molar-refractivity contribution in [1.29, 1.82) is 0 Å². The van der Waals surface area contributed by atoms with Gasteiger partial charge in [-0.1, -0.05) is 18.2 Å². The quantitative estimate of drug-likeness (QED) is 0.702. The molecule has 0 fully saturated rings. The van der Waals surface area contributed by atoms with E-state index in [-0.39, 0.29) is 6.54 Å². The summed E-state index contributed by atoms with van der Waals surface area (Å²) in [6.07, 6.45) is 0.998. The third-order valence-corrected chi connectivity index (χ3v) is 4.79. The van der Waals surface area contributed by atoms with Crippen LogP contribution in [-0.4, -0.2) is 34.6 Å². The summed E-state index contributed by atoms with van der Waals surface area (Å²) in [7, 11) is -6.91. The Morgan fingerprint density at radius 3 is 2.28 bits per heavy atom. The van der Waals surface area contributed by atoms with Crippen LogP contribution in [-0.2, 0) is 26.4 Å². The summed E-state index contributed by atoms with van der Waals surface area (Å²) in [5, 5.41) is 0. The van der Waals surface area contributed by atoms with Gasteiger partial charge in [-0.05, 0) is 11.6 Å². The summed E-state index contributed by atoms with van der Waals surface area (Å²) in [6.45, 7) is 0.0543. The Labute approximate surface area is 107 Å². The summed E-state index contributed by atoms with van der Waals surface area (Å²) >= 11 is 0. The molecule has 0 bridgehead atoms. The first kappa shape index (κ1) is 14.9. The van der Waals surface area contributed by atoms with Gasteiger partial charge in [-0.25, -0.2) is 21.6 Å². The number of sulfonamides is 1. The normalized spacial score (nSPS) is 12.5. The molecular weight excluding hydrogens is 276 g/mol. The number of anilines is 1. The van der Waals surface area contributed by atoms with Gasteiger partial charge in [-0.3, -0.25) is 0 Å². The number of nitrogen functional groups attached to an aromatic ring is 1. The van der Waals surface area contributed by atoms with Gasteiger partial charge < -0.3 is 5.73 Å². The maximum absolute atomic E-state index is 11.5. The smallest absolute Gasteiger partial charge is 0.212 e. The SMILES string of the molecule is CS(=O)(=O)CCS(=O)(=O)NCc1ccccc1N. The predicted octanol–water partition coefficient (Wildman–Crippen LogP) is -0.267. The zero-order valence-electron chi connectivity index (χ0n) is 9.96. The van der Waals surface area contributed by atoms with Crippen LogP contribution in [0.2, 0.25) is 0 Å². The van der Waals surface area contributed by atoms with Gasteiger partial charge in [-0.2, -0.15) is 0 Å². The molecule has 0 unspecified atom stereocenters. The third-order valence-electron chi connectivity index (χ3n) is 2.26. The van der Waals surface area contributed by atoms with Crippen molar-refractivity contribution in [3.8, 4) is 0 Å². The molecule has 8 heteroatoms. The van der Waals surface area contributed by atoms with Crippen molar-refractivity contribution in [3.63, 3.8) is 0 Å². The average molecular weight is 292 g/mol. The Morgan fingerprint density at radius 1 is 1.11 bits per heavy atom. The first-order valence-corrected chi connectivity index (χ1v) is 8.89. The molecule has 0 aromatic heterocycles. The van der Waals surface area contributed by atoms with Crippen LogP contribution in [0.1, 0.15) is 5.56 Å². The molecule has 1 aromatic rings. The molecule has 1 rings (SSSR count). The van der Waals surface area contributed by atoms with Gasteiger partial charge >= 0.3 is 0 Å². The Morgan fingerprint density at radius 2 is 1.72 bits per heavy atom. The van der Waals surface area contributed by atoms with Crippen molar-refractivity contribution >= 4 is 25.5 Å². The van der Waals surface area contributed by atoms with Crippen LogP contribution in [0, 0.1) is 0 Å². The molecule has 6 nitrogen and oxygen atoms in total. The van der Waals surface area contributed by atoms with Crippen molar-refractivity contribution in [2.24, 2.45) is 0 Å². The number of nitrogens with one attached hydrogen (secondary N) is 1. The van der Waals surface area contributed by atoms with Crippen molar-refractivity contribution in [3.05, 3.63) is 29.8 Å². The largest absolute Gasteiger partial charge is 0.398 e. The number of hydrogen-bond acceptors (Lipinski definition) is 5. The van der Waals surface area contributed by atoms with Gasteiger partial charge in [0, 0.05) is 18.5 Å². The highest BCUT2D eigenvalue weighted by molar-refractivity contribution is 7.93. The Balaban J connectivity index is 2.60. The summed E-state index contributed by atoms with van der Waals surface area (Å²) in [6, 6.07) is 6.86. The molecular formula is C10H16N2O4S2. The highest BCUT2D eigenvalue weighted by Crippen LogP contribution is 2.10. The zero-order valence-corrected chi connectivity index (χ0v) is 11.6. The van der Waals surface area contributed by atoms with Crippen LogP contribution < -0.4 is 10.5 Å². The second kappa shape index (κ2) is 5.68. The number of benzene rings is 1. The number of para-hydroxylation sites is 1. The molecule has 3 N–H and O–H groups in total. The first-order chi connectivity index (χ1) is 8.20. The van der Waals surface area contributed by atoms with Gasteiger partial charge in [0.05, 0.1) is 11.5 Å². The van der Waals surface area contributed by atoms with Gasteiger partial charge in [0.2, 0.25) is 10.0 Å². The fourth-order valence-corrected chi connectivity index (χ4v) is 3.82. The summed E-state index contributed by atoms with van der Waals surface area (Å²) in [5.41, 5.74) is 6.80. The van der Waals surface area contributed by atoms with Crippen LogP contribution in [0.5, 0.6) is 0 Å². The number of rotatable bonds is 6. The summed E-state index contributed by atoms with van der Waals surface area (Å²) in [5.74, 6) is -0.842. The maximum atomic E-state index is 11.5. The lowest BCUT2D eigenvalue weighted by molar-refractivity contribution is 0.579. The van der Waals surface area contributed by atoms with Crippen molar-refractivity contribution < 1.29 is 16.8 Å².